The first-order chi connectivity index (χ1) is 8.49. The first-order valence-electron chi connectivity index (χ1n) is 6.26. The van der Waals surface area contributed by atoms with Crippen LogP contribution in [0.5, 0.6) is 0 Å². The number of nitrogens with zero attached hydrogens (tertiary/aromatic N) is 2. The van der Waals surface area contributed by atoms with Gasteiger partial charge in [-0.2, -0.15) is 5.10 Å². The molecule has 0 aliphatic heterocycles. The van der Waals surface area contributed by atoms with Gasteiger partial charge in [-0.25, -0.2) is 0 Å². The van der Waals surface area contributed by atoms with E-state index in [1.54, 1.807) is 0 Å². The number of aromatic nitrogens is 2. The van der Waals surface area contributed by atoms with Crippen LogP contribution in [-0.2, 0) is 16.1 Å². The molecule has 0 radical (unpaired) electrons. The number of hydrogen-bond acceptors (Lipinski definition) is 3. The molecule has 1 rings (SSSR count). The summed E-state index contributed by atoms with van der Waals surface area (Å²) < 4.78 is 1.94. The van der Waals surface area contributed by atoms with E-state index in [1.807, 2.05) is 24.6 Å². The molecule has 0 unspecified atom stereocenters. The molecule has 0 atom stereocenters. The first kappa shape index (κ1) is 14.4. The van der Waals surface area contributed by atoms with E-state index in [1.165, 1.54) is 6.92 Å². The predicted molar refractivity (Wildman–Crippen MR) is 69.2 cm³/mol. The highest BCUT2D eigenvalue weighted by molar-refractivity contribution is 5.83. The second kappa shape index (κ2) is 6.93. The van der Waals surface area contributed by atoms with E-state index in [-0.39, 0.29) is 18.1 Å². The lowest BCUT2D eigenvalue weighted by molar-refractivity contribution is -0.124. The van der Waals surface area contributed by atoms with Crippen molar-refractivity contribution >= 4 is 11.7 Å². The second-order valence-corrected chi connectivity index (χ2v) is 4.56. The lowest BCUT2D eigenvalue weighted by Crippen LogP contribution is -2.25. The van der Waals surface area contributed by atoms with E-state index in [0.717, 1.165) is 24.4 Å². The van der Waals surface area contributed by atoms with Crippen LogP contribution in [0.2, 0.25) is 0 Å². The van der Waals surface area contributed by atoms with Gasteiger partial charge in [-0.15, -0.1) is 0 Å². The van der Waals surface area contributed by atoms with Crippen molar-refractivity contribution in [2.75, 3.05) is 6.54 Å². The maximum Gasteiger partial charge on any atom is 0.220 e. The van der Waals surface area contributed by atoms with Crippen molar-refractivity contribution in [1.82, 2.24) is 15.1 Å². The average molecular weight is 251 g/mol. The molecule has 1 aromatic heterocycles. The van der Waals surface area contributed by atoms with E-state index < -0.39 is 0 Å². The Hall–Kier alpha value is -1.65. The van der Waals surface area contributed by atoms with Crippen molar-refractivity contribution in [2.45, 2.75) is 46.6 Å². The van der Waals surface area contributed by atoms with Gasteiger partial charge in [0, 0.05) is 31.6 Å². The van der Waals surface area contributed by atoms with Crippen LogP contribution in [0.1, 0.15) is 37.6 Å². The lowest BCUT2D eigenvalue weighted by atomic mass is 10.2. The molecule has 0 fully saturated rings. The predicted octanol–water partition coefficient (Wildman–Crippen LogP) is 1.38. The van der Waals surface area contributed by atoms with Crippen LogP contribution in [-0.4, -0.2) is 28.0 Å². The third-order valence-corrected chi connectivity index (χ3v) is 2.68. The summed E-state index contributed by atoms with van der Waals surface area (Å²) in [6.07, 6.45) is 1.45. The van der Waals surface area contributed by atoms with Gasteiger partial charge >= 0.3 is 0 Å². The van der Waals surface area contributed by atoms with E-state index in [9.17, 15) is 9.59 Å². The number of hydrogen-bond donors (Lipinski definition) is 1. The van der Waals surface area contributed by atoms with Crippen molar-refractivity contribution in [3.05, 3.63) is 17.5 Å². The van der Waals surface area contributed by atoms with Crippen molar-refractivity contribution in [3.63, 3.8) is 0 Å². The highest BCUT2D eigenvalue weighted by Gasteiger charge is 2.03. The zero-order valence-electron chi connectivity index (χ0n) is 11.3. The van der Waals surface area contributed by atoms with Crippen molar-refractivity contribution in [1.29, 1.82) is 0 Å². The lowest BCUT2D eigenvalue weighted by Gasteiger charge is -2.06. The van der Waals surface area contributed by atoms with Crippen molar-refractivity contribution in [3.8, 4) is 0 Å². The van der Waals surface area contributed by atoms with Crippen molar-refractivity contribution < 1.29 is 9.59 Å². The van der Waals surface area contributed by atoms with E-state index >= 15 is 0 Å². The summed E-state index contributed by atoms with van der Waals surface area (Å²) in [7, 11) is 0. The van der Waals surface area contributed by atoms with Gasteiger partial charge in [0.05, 0.1) is 5.69 Å². The van der Waals surface area contributed by atoms with Crippen LogP contribution in [0.3, 0.4) is 0 Å². The molecule has 1 heterocycles. The zero-order chi connectivity index (χ0) is 13.5. The molecule has 18 heavy (non-hydrogen) atoms. The zero-order valence-corrected chi connectivity index (χ0v) is 11.3. The minimum atomic E-state index is -0.0569. The number of nitrogens with one attached hydrogen (secondary N) is 1. The quantitative estimate of drug-likeness (QED) is 0.744. The Morgan fingerprint density at radius 3 is 2.61 bits per heavy atom. The summed E-state index contributed by atoms with van der Waals surface area (Å²) in [5.41, 5.74) is 2.15. The molecule has 1 N–H and O–H groups in total. The summed E-state index contributed by atoms with van der Waals surface area (Å²) >= 11 is 0. The molecule has 5 heteroatoms. The maximum absolute atomic E-state index is 11.3. The number of Topliss-reactive ketones (excluding diaryl/α,β-unsaturated/α-hetero) is 1. The normalized spacial score (nSPS) is 10.4. The number of aryl methyl sites for hydroxylation is 3. The highest BCUT2D eigenvalue weighted by atomic mass is 16.2. The van der Waals surface area contributed by atoms with Crippen LogP contribution in [0.25, 0.3) is 0 Å². The Morgan fingerprint density at radius 2 is 2.06 bits per heavy atom. The summed E-state index contributed by atoms with van der Waals surface area (Å²) in [6, 6.07) is 2.03. The van der Waals surface area contributed by atoms with Gasteiger partial charge in [-0.1, -0.05) is 0 Å². The molecule has 0 saturated heterocycles. The van der Waals surface area contributed by atoms with E-state index in [2.05, 4.69) is 10.4 Å². The third kappa shape index (κ3) is 5.12. The molecule has 0 bridgehead atoms. The average Bonchev–Trinajstić information content (AvgIpc) is 2.60. The highest BCUT2D eigenvalue weighted by Crippen LogP contribution is 2.02. The minimum Gasteiger partial charge on any atom is -0.356 e. The Balaban J connectivity index is 2.17. The summed E-state index contributed by atoms with van der Waals surface area (Å²) in [5, 5.41) is 7.15. The van der Waals surface area contributed by atoms with Crippen LogP contribution in [0, 0.1) is 13.8 Å². The topological polar surface area (TPSA) is 64.0 Å². The van der Waals surface area contributed by atoms with E-state index in [4.69, 9.17) is 0 Å². The molecule has 5 nitrogen and oxygen atoms in total. The number of amides is 1. The molecule has 0 aliphatic carbocycles. The Bertz CT molecular complexity index is 424. The standard InChI is InChI=1S/C13H21N3O2/c1-10-9-11(2)16(15-10)8-4-7-14-13(18)6-5-12(3)17/h9H,4-8H2,1-3H3,(H,14,18). The SMILES string of the molecule is CC(=O)CCC(=O)NCCCn1nc(C)cc1C. The third-order valence-electron chi connectivity index (χ3n) is 2.68. The summed E-state index contributed by atoms with van der Waals surface area (Å²) in [6.45, 7) is 6.90. The van der Waals surface area contributed by atoms with Gasteiger partial charge in [-0.3, -0.25) is 9.48 Å². The molecule has 0 aliphatic rings. The van der Waals surface area contributed by atoms with Gasteiger partial charge < -0.3 is 10.1 Å². The van der Waals surface area contributed by atoms with Gasteiger partial charge in [0.1, 0.15) is 5.78 Å². The molecule has 0 aromatic carbocycles. The fourth-order valence-electron chi connectivity index (χ4n) is 1.74. The van der Waals surface area contributed by atoms with E-state index in [0.29, 0.717) is 13.0 Å². The maximum atomic E-state index is 11.3. The Labute approximate surface area is 108 Å². The fraction of sp³-hybridized carbons (Fsp3) is 0.615. The Kier molecular flexibility index (Phi) is 5.55. The summed E-state index contributed by atoms with van der Waals surface area (Å²) in [4.78, 5) is 22.1. The van der Waals surface area contributed by atoms with Crippen LogP contribution < -0.4 is 5.32 Å². The van der Waals surface area contributed by atoms with Gasteiger partial charge in [0.25, 0.3) is 0 Å². The molecule has 0 saturated carbocycles. The van der Waals surface area contributed by atoms with Gasteiger partial charge in [0.2, 0.25) is 5.91 Å². The molecule has 100 valence electrons. The molecule has 1 aromatic rings. The molecular formula is C13H21N3O2. The minimum absolute atomic E-state index is 0.0489. The number of rotatable bonds is 7. The fourth-order valence-corrected chi connectivity index (χ4v) is 1.74. The van der Waals surface area contributed by atoms with Crippen LogP contribution in [0.15, 0.2) is 6.07 Å². The van der Waals surface area contributed by atoms with Crippen LogP contribution >= 0.6 is 0 Å². The van der Waals surface area contributed by atoms with Crippen LogP contribution in [0.4, 0.5) is 0 Å². The number of ketones is 1. The first-order valence-corrected chi connectivity index (χ1v) is 6.26. The second-order valence-electron chi connectivity index (χ2n) is 4.56. The number of carbonyl (C=O) groups excluding carboxylic acids is 2. The monoisotopic (exact) mass is 251 g/mol. The number of carbonyl (C=O) groups is 2. The summed E-state index contributed by atoms with van der Waals surface area (Å²) in [5.74, 6) is -0.00800. The Morgan fingerprint density at radius 1 is 1.33 bits per heavy atom. The molecule has 0 spiro atoms. The van der Waals surface area contributed by atoms with Crippen molar-refractivity contribution in [2.24, 2.45) is 0 Å². The molecular weight excluding hydrogens is 230 g/mol. The largest absolute Gasteiger partial charge is 0.356 e. The molecule has 1 amide bonds. The van der Waals surface area contributed by atoms with Gasteiger partial charge in [0.15, 0.2) is 0 Å². The smallest absolute Gasteiger partial charge is 0.220 e. The van der Waals surface area contributed by atoms with Gasteiger partial charge in [-0.05, 0) is 33.3 Å².